The molecule has 2 aromatic carbocycles. The highest BCUT2D eigenvalue weighted by atomic mass is 32.1. The lowest BCUT2D eigenvalue weighted by Crippen LogP contribution is -2.51. The predicted octanol–water partition coefficient (Wildman–Crippen LogP) is 3.32. The number of thiocarbonyl (C=S) groups is 1. The van der Waals surface area contributed by atoms with E-state index in [1.807, 2.05) is 13.0 Å². The Labute approximate surface area is 209 Å². The van der Waals surface area contributed by atoms with E-state index in [2.05, 4.69) is 22.5 Å². The number of ether oxygens (including phenoxy) is 4. The average molecular weight is 500 g/mol. The van der Waals surface area contributed by atoms with Gasteiger partial charge in [0.25, 0.3) is 5.91 Å². The zero-order valence-electron chi connectivity index (χ0n) is 19.9. The van der Waals surface area contributed by atoms with Crippen LogP contribution in [0.3, 0.4) is 0 Å². The molecule has 0 aliphatic carbocycles. The maximum Gasteiger partial charge on any atom is 0.317 e. The summed E-state index contributed by atoms with van der Waals surface area (Å²) >= 11 is 5.27. The second-order valence-electron chi connectivity index (χ2n) is 7.51. The molecular weight excluding hydrogens is 470 g/mol. The molecule has 0 bridgehead atoms. The van der Waals surface area contributed by atoms with Crippen molar-refractivity contribution in [3.63, 3.8) is 0 Å². The molecule has 0 aromatic heterocycles. The Hall–Kier alpha value is -3.79. The van der Waals surface area contributed by atoms with Gasteiger partial charge in [-0.3, -0.25) is 9.59 Å². The van der Waals surface area contributed by atoms with Gasteiger partial charge >= 0.3 is 5.97 Å². The second kappa shape index (κ2) is 12.1. The van der Waals surface area contributed by atoms with Crippen molar-refractivity contribution in [2.24, 2.45) is 5.92 Å². The number of hydrogen-bond donors (Lipinski definition) is 3. The first-order valence-corrected chi connectivity index (χ1v) is 11.5. The van der Waals surface area contributed by atoms with Crippen LogP contribution in [0.4, 0.5) is 5.69 Å². The second-order valence-corrected chi connectivity index (χ2v) is 7.92. The van der Waals surface area contributed by atoms with Crippen LogP contribution in [0.25, 0.3) is 0 Å². The van der Waals surface area contributed by atoms with Gasteiger partial charge in [-0.25, -0.2) is 0 Å². The zero-order valence-corrected chi connectivity index (χ0v) is 20.7. The van der Waals surface area contributed by atoms with Crippen molar-refractivity contribution in [2.45, 2.75) is 19.9 Å². The van der Waals surface area contributed by atoms with E-state index in [0.717, 1.165) is 5.56 Å². The fraction of sp³-hybridized carbons (Fsp3) is 0.320. The lowest BCUT2D eigenvalue weighted by molar-refractivity contribution is -0.147. The molecule has 1 saturated heterocycles. The number of benzene rings is 2. The molecule has 35 heavy (non-hydrogen) atoms. The smallest absolute Gasteiger partial charge is 0.317 e. The van der Waals surface area contributed by atoms with Crippen LogP contribution in [0.2, 0.25) is 0 Å². The van der Waals surface area contributed by atoms with Crippen molar-refractivity contribution in [3.05, 3.63) is 60.3 Å². The third-order valence-electron chi connectivity index (χ3n) is 5.18. The topological polar surface area (TPSA) is 107 Å². The number of hydrogen-bond acceptors (Lipinski definition) is 7. The number of para-hydroxylation sites is 2. The Morgan fingerprint density at radius 1 is 1.06 bits per heavy atom. The van der Waals surface area contributed by atoms with Crippen LogP contribution in [-0.4, -0.2) is 43.9 Å². The molecule has 1 fully saturated rings. The van der Waals surface area contributed by atoms with Crippen LogP contribution in [0.5, 0.6) is 17.2 Å². The molecular formula is C25H29N3O6S. The predicted molar refractivity (Wildman–Crippen MR) is 136 cm³/mol. The van der Waals surface area contributed by atoms with Crippen molar-refractivity contribution in [1.82, 2.24) is 10.6 Å². The summed E-state index contributed by atoms with van der Waals surface area (Å²) in [6.45, 7) is 7.91. The molecule has 186 valence electrons. The van der Waals surface area contributed by atoms with Gasteiger partial charge in [-0.15, -0.1) is 0 Å². The number of amides is 1. The van der Waals surface area contributed by atoms with Gasteiger partial charge < -0.3 is 34.9 Å². The highest BCUT2D eigenvalue weighted by Gasteiger charge is 2.38. The van der Waals surface area contributed by atoms with Gasteiger partial charge in [-0.2, -0.15) is 0 Å². The highest BCUT2D eigenvalue weighted by molar-refractivity contribution is 7.80. The summed E-state index contributed by atoms with van der Waals surface area (Å²) in [4.78, 5) is 25.1. The van der Waals surface area contributed by atoms with Crippen LogP contribution in [0.15, 0.2) is 54.7 Å². The first-order chi connectivity index (χ1) is 16.9. The Kier molecular flexibility index (Phi) is 8.91. The van der Waals surface area contributed by atoms with Gasteiger partial charge in [-0.05, 0) is 55.9 Å². The van der Waals surface area contributed by atoms with Gasteiger partial charge in [0, 0.05) is 5.70 Å². The lowest BCUT2D eigenvalue weighted by Gasteiger charge is -2.35. The summed E-state index contributed by atoms with van der Waals surface area (Å²) in [6, 6.07) is 11.8. The third kappa shape index (κ3) is 6.42. The molecule has 9 nitrogen and oxygen atoms in total. The SMILES string of the molecule is C=C1NC(=S)NC(c2ccc(OCC(=O)Nc3ccccc3OC)c(OCC)c2)C1C(=O)OCC. The summed E-state index contributed by atoms with van der Waals surface area (Å²) in [5, 5.41) is 9.13. The molecule has 10 heteroatoms. The molecule has 3 rings (SSSR count). The van der Waals surface area contributed by atoms with Gasteiger partial charge in [0.15, 0.2) is 23.2 Å². The van der Waals surface area contributed by atoms with Gasteiger partial charge in [0.05, 0.1) is 32.1 Å². The summed E-state index contributed by atoms with van der Waals surface area (Å²) in [6.07, 6.45) is 0. The first-order valence-electron chi connectivity index (χ1n) is 11.1. The monoisotopic (exact) mass is 499 g/mol. The number of anilines is 1. The molecule has 0 saturated carbocycles. The van der Waals surface area contributed by atoms with Crippen LogP contribution < -0.4 is 30.2 Å². The normalized spacial score (nSPS) is 17.0. The van der Waals surface area contributed by atoms with Crippen molar-refractivity contribution >= 4 is 34.9 Å². The van der Waals surface area contributed by atoms with Crippen molar-refractivity contribution in [3.8, 4) is 17.2 Å². The molecule has 3 N–H and O–H groups in total. The fourth-order valence-corrected chi connectivity index (χ4v) is 3.91. The first kappa shape index (κ1) is 25.8. The van der Waals surface area contributed by atoms with Gasteiger partial charge in [0.2, 0.25) is 0 Å². The minimum Gasteiger partial charge on any atom is -0.495 e. The van der Waals surface area contributed by atoms with Crippen LogP contribution >= 0.6 is 12.2 Å². The summed E-state index contributed by atoms with van der Waals surface area (Å²) < 4.78 is 22.0. The van der Waals surface area contributed by atoms with E-state index in [1.165, 1.54) is 7.11 Å². The van der Waals surface area contributed by atoms with Gasteiger partial charge in [0.1, 0.15) is 11.7 Å². The van der Waals surface area contributed by atoms with Crippen molar-refractivity contribution in [1.29, 1.82) is 0 Å². The van der Waals surface area contributed by atoms with E-state index in [4.69, 9.17) is 31.2 Å². The van der Waals surface area contributed by atoms with Crippen LogP contribution in [-0.2, 0) is 14.3 Å². The number of methoxy groups -OCH3 is 1. The maximum absolute atomic E-state index is 12.6. The Bertz CT molecular complexity index is 1110. The van der Waals surface area contributed by atoms with Gasteiger partial charge in [-0.1, -0.05) is 24.8 Å². The number of nitrogens with one attached hydrogen (secondary N) is 3. The fourth-order valence-electron chi connectivity index (χ4n) is 3.65. The minimum absolute atomic E-state index is 0.241. The number of carbonyl (C=O) groups excluding carboxylic acids is 2. The molecule has 1 aliphatic heterocycles. The molecule has 1 amide bonds. The molecule has 0 radical (unpaired) electrons. The molecule has 0 spiro atoms. The number of carbonyl (C=O) groups is 2. The summed E-state index contributed by atoms with van der Waals surface area (Å²) in [7, 11) is 1.53. The van der Waals surface area contributed by atoms with Crippen LogP contribution in [0, 0.1) is 5.92 Å². The van der Waals surface area contributed by atoms with Crippen molar-refractivity contribution in [2.75, 3.05) is 32.2 Å². The van der Waals surface area contributed by atoms with E-state index >= 15 is 0 Å². The third-order valence-corrected chi connectivity index (χ3v) is 5.40. The quantitative estimate of drug-likeness (QED) is 0.335. The van der Waals surface area contributed by atoms with Crippen molar-refractivity contribution < 1.29 is 28.5 Å². The standard InChI is InChI=1S/C25H29N3O6S/c1-5-32-20-13-16(23-22(24(30)33-6-2)15(3)26-25(35)28-23)11-12-19(20)34-14-21(29)27-17-9-7-8-10-18(17)31-4/h7-13,22-23H,3,5-6,14H2,1-2,4H3,(H,27,29)(H2,26,28,35). The van der Waals surface area contributed by atoms with E-state index in [-0.39, 0.29) is 19.1 Å². The highest BCUT2D eigenvalue weighted by Crippen LogP contribution is 2.36. The average Bonchev–Trinajstić information content (AvgIpc) is 2.83. The number of rotatable bonds is 10. The van der Waals surface area contributed by atoms with Crippen LogP contribution in [0.1, 0.15) is 25.5 Å². The largest absolute Gasteiger partial charge is 0.495 e. The molecule has 2 atom stereocenters. The van der Waals surface area contributed by atoms with E-state index in [0.29, 0.717) is 40.4 Å². The summed E-state index contributed by atoms with van der Waals surface area (Å²) in [5.41, 5.74) is 1.72. The molecule has 1 heterocycles. The van der Waals surface area contributed by atoms with E-state index < -0.39 is 17.9 Å². The molecule has 1 aliphatic rings. The molecule has 2 unspecified atom stereocenters. The zero-order chi connectivity index (χ0) is 25.4. The Morgan fingerprint density at radius 2 is 1.83 bits per heavy atom. The Balaban J connectivity index is 1.78. The Morgan fingerprint density at radius 3 is 2.54 bits per heavy atom. The van der Waals surface area contributed by atoms with E-state index in [1.54, 1.807) is 43.3 Å². The lowest BCUT2D eigenvalue weighted by atomic mass is 9.89. The van der Waals surface area contributed by atoms with E-state index in [9.17, 15) is 9.59 Å². The number of esters is 1. The summed E-state index contributed by atoms with van der Waals surface area (Å²) in [5.74, 6) is -0.121. The minimum atomic E-state index is -0.700. The molecule has 2 aromatic rings. The maximum atomic E-state index is 12.6.